The van der Waals surface area contributed by atoms with Gasteiger partial charge in [-0.05, 0) is 24.3 Å². The molecule has 8 nitrogen and oxygen atoms in total. The summed E-state index contributed by atoms with van der Waals surface area (Å²) in [6, 6.07) is 9.87. The van der Waals surface area contributed by atoms with Crippen molar-refractivity contribution in [2.75, 3.05) is 6.61 Å². The van der Waals surface area contributed by atoms with Crippen LogP contribution in [0, 0.1) is 10.1 Å². The van der Waals surface area contributed by atoms with Gasteiger partial charge in [0.05, 0.1) is 15.5 Å². The summed E-state index contributed by atoms with van der Waals surface area (Å²) in [5, 5.41) is 11.3. The number of amides is 2. The highest BCUT2D eigenvalue weighted by atomic mass is 35.5. The first-order chi connectivity index (χ1) is 11.9. The van der Waals surface area contributed by atoms with Gasteiger partial charge in [0.2, 0.25) is 0 Å². The standard InChI is InChI=1S/C15H11Cl2N3O5/c16-9-5-6-10(11(17)7-9)15(22)19-18-14(21)8-25-13-4-2-1-3-12(13)20(23)24/h1-7H,8H2,(H,18,21)(H,19,22). The van der Waals surface area contributed by atoms with Gasteiger partial charge in [0.1, 0.15) is 0 Å². The second-order valence-corrected chi connectivity index (χ2v) is 5.48. The van der Waals surface area contributed by atoms with Crippen molar-refractivity contribution < 1.29 is 19.2 Å². The van der Waals surface area contributed by atoms with Gasteiger partial charge in [-0.2, -0.15) is 0 Å². The highest BCUT2D eigenvalue weighted by molar-refractivity contribution is 6.36. The summed E-state index contributed by atoms with van der Waals surface area (Å²) in [4.78, 5) is 33.8. The summed E-state index contributed by atoms with van der Waals surface area (Å²) in [5.41, 5.74) is 4.12. The predicted molar refractivity (Wildman–Crippen MR) is 90.7 cm³/mol. The summed E-state index contributed by atoms with van der Waals surface area (Å²) in [7, 11) is 0. The molecule has 2 N–H and O–H groups in total. The van der Waals surface area contributed by atoms with Crippen LogP contribution in [0.1, 0.15) is 10.4 Å². The third-order valence-electron chi connectivity index (χ3n) is 2.91. The molecule has 0 saturated heterocycles. The van der Waals surface area contributed by atoms with Gasteiger partial charge in [0.25, 0.3) is 11.8 Å². The first-order valence-corrected chi connectivity index (χ1v) is 7.54. The van der Waals surface area contributed by atoms with Crippen LogP contribution in [0.15, 0.2) is 42.5 Å². The fraction of sp³-hybridized carbons (Fsp3) is 0.0667. The molecule has 0 aromatic heterocycles. The number of ether oxygens (including phenoxy) is 1. The largest absolute Gasteiger partial charge is 0.477 e. The van der Waals surface area contributed by atoms with Crippen LogP contribution in [0.25, 0.3) is 0 Å². The van der Waals surface area contributed by atoms with Crippen LogP contribution in [0.4, 0.5) is 5.69 Å². The number of carbonyl (C=O) groups is 2. The minimum absolute atomic E-state index is 0.0604. The van der Waals surface area contributed by atoms with Gasteiger partial charge in [-0.15, -0.1) is 0 Å². The Morgan fingerprint density at radius 3 is 2.52 bits per heavy atom. The lowest BCUT2D eigenvalue weighted by molar-refractivity contribution is -0.385. The van der Waals surface area contributed by atoms with E-state index in [0.717, 1.165) is 0 Å². The van der Waals surface area contributed by atoms with Gasteiger partial charge >= 0.3 is 5.69 Å². The summed E-state index contributed by atoms with van der Waals surface area (Å²) in [6.45, 7) is -0.528. The molecule has 2 aromatic rings. The fourth-order valence-electron chi connectivity index (χ4n) is 1.78. The number of nitrogens with one attached hydrogen (secondary N) is 2. The van der Waals surface area contributed by atoms with E-state index in [4.69, 9.17) is 27.9 Å². The van der Waals surface area contributed by atoms with Gasteiger partial charge in [0, 0.05) is 11.1 Å². The lowest BCUT2D eigenvalue weighted by atomic mass is 10.2. The lowest BCUT2D eigenvalue weighted by Crippen LogP contribution is -2.43. The maximum Gasteiger partial charge on any atom is 0.310 e. The Morgan fingerprint density at radius 2 is 1.84 bits per heavy atom. The molecule has 0 atom stereocenters. The monoisotopic (exact) mass is 383 g/mol. The number of nitro benzene ring substituents is 1. The highest BCUT2D eigenvalue weighted by Gasteiger charge is 2.16. The van der Waals surface area contributed by atoms with Crippen molar-refractivity contribution in [2.24, 2.45) is 0 Å². The van der Waals surface area contributed by atoms with Crippen LogP contribution in [0.3, 0.4) is 0 Å². The van der Waals surface area contributed by atoms with E-state index >= 15 is 0 Å². The maximum atomic E-state index is 11.9. The molecule has 10 heteroatoms. The summed E-state index contributed by atoms with van der Waals surface area (Å²) in [6.07, 6.45) is 0. The molecule has 2 amide bonds. The average Bonchev–Trinajstić information content (AvgIpc) is 2.58. The molecule has 0 bridgehead atoms. The van der Waals surface area contributed by atoms with Crippen molar-refractivity contribution in [3.05, 3.63) is 68.2 Å². The number of hydrogen-bond acceptors (Lipinski definition) is 5. The van der Waals surface area contributed by atoms with E-state index in [2.05, 4.69) is 10.9 Å². The topological polar surface area (TPSA) is 111 Å². The van der Waals surface area contributed by atoms with Crippen molar-refractivity contribution in [2.45, 2.75) is 0 Å². The zero-order valence-electron chi connectivity index (χ0n) is 12.5. The summed E-state index contributed by atoms with van der Waals surface area (Å²) < 4.78 is 5.09. The van der Waals surface area contributed by atoms with Crippen LogP contribution >= 0.6 is 23.2 Å². The van der Waals surface area contributed by atoms with Crippen molar-refractivity contribution in [3.63, 3.8) is 0 Å². The van der Waals surface area contributed by atoms with Crippen LogP contribution in [-0.4, -0.2) is 23.3 Å². The zero-order chi connectivity index (χ0) is 18.4. The Kier molecular flexibility index (Phi) is 6.15. The average molecular weight is 384 g/mol. The summed E-state index contributed by atoms with van der Waals surface area (Å²) in [5.74, 6) is -1.42. The Hall–Kier alpha value is -2.84. The van der Waals surface area contributed by atoms with Gasteiger partial charge in [0.15, 0.2) is 12.4 Å². The zero-order valence-corrected chi connectivity index (χ0v) is 14.0. The number of nitro groups is 1. The van der Waals surface area contributed by atoms with E-state index in [9.17, 15) is 19.7 Å². The Balaban J connectivity index is 1.89. The van der Waals surface area contributed by atoms with E-state index in [-0.39, 0.29) is 22.0 Å². The second-order valence-electron chi connectivity index (χ2n) is 4.64. The Morgan fingerprint density at radius 1 is 1.12 bits per heavy atom. The number of nitrogens with zero attached hydrogens (tertiary/aromatic N) is 1. The predicted octanol–water partition coefficient (Wildman–Crippen LogP) is 2.74. The quantitative estimate of drug-likeness (QED) is 0.608. The van der Waals surface area contributed by atoms with Crippen molar-refractivity contribution >= 4 is 40.7 Å². The fourth-order valence-corrected chi connectivity index (χ4v) is 2.27. The number of hydrogen-bond donors (Lipinski definition) is 2. The van der Waals surface area contributed by atoms with Gasteiger partial charge in [-0.25, -0.2) is 0 Å². The first kappa shape index (κ1) is 18.5. The van der Waals surface area contributed by atoms with E-state index < -0.39 is 23.3 Å². The molecule has 0 aliphatic carbocycles. The molecule has 0 radical (unpaired) electrons. The smallest absolute Gasteiger partial charge is 0.310 e. The maximum absolute atomic E-state index is 11.9. The molecule has 0 aliphatic heterocycles. The molecular formula is C15H11Cl2N3O5. The molecule has 2 rings (SSSR count). The van der Waals surface area contributed by atoms with Crippen LogP contribution in [0.5, 0.6) is 5.75 Å². The number of rotatable bonds is 5. The molecule has 130 valence electrons. The van der Waals surface area contributed by atoms with Crippen molar-refractivity contribution in [3.8, 4) is 5.75 Å². The third-order valence-corrected chi connectivity index (χ3v) is 3.46. The highest BCUT2D eigenvalue weighted by Crippen LogP contribution is 2.25. The number of carbonyl (C=O) groups excluding carboxylic acids is 2. The molecule has 0 aliphatic rings. The number of para-hydroxylation sites is 2. The van der Waals surface area contributed by atoms with Crippen molar-refractivity contribution in [1.82, 2.24) is 10.9 Å². The van der Waals surface area contributed by atoms with E-state index in [0.29, 0.717) is 5.02 Å². The van der Waals surface area contributed by atoms with Gasteiger partial charge in [-0.3, -0.25) is 30.6 Å². The Bertz CT molecular complexity index is 829. The first-order valence-electron chi connectivity index (χ1n) is 6.79. The molecule has 0 fully saturated rings. The normalized spacial score (nSPS) is 10.0. The summed E-state index contributed by atoms with van der Waals surface area (Å²) >= 11 is 11.6. The van der Waals surface area contributed by atoms with Crippen LogP contribution in [-0.2, 0) is 4.79 Å². The minimum atomic E-state index is -0.711. The van der Waals surface area contributed by atoms with Crippen LogP contribution in [0.2, 0.25) is 10.0 Å². The van der Waals surface area contributed by atoms with E-state index in [1.165, 1.54) is 42.5 Å². The SMILES string of the molecule is O=C(COc1ccccc1[N+](=O)[O-])NNC(=O)c1ccc(Cl)cc1Cl. The molecule has 0 spiro atoms. The molecule has 25 heavy (non-hydrogen) atoms. The second kappa shape index (κ2) is 8.32. The number of halogens is 2. The number of hydrazine groups is 1. The number of benzene rings is 2. The van der Waals surface area contributed by atoms with Gasteiger partial charge < -0.3 is 4.74 Å². The third kappa shape index (κ3) is 5.07. The molecule has 0 unspecified atom stereocenters. The molecule has 2 aromatic carbocycles. The van der Waals surface area contributed by atoms with Crippen molar-refractivity contribution in [1.29, 1.82) is 0 Å². The Labute approximate surface area is 151 Å². The van der Waals surface area contributed by atoms with Crippen LogP contribution < -0.4 is 15.6 Å². The molecule has 0 heterocycles. The minimum Gasteiger partial charge on any atom is -0.477 e. The molecule has 0 saturated carbocycles. The van der Waals surface area contributed by atoms with E-state index in [1.54, 1.807) is 0 Å². The van der Waals surface area contributed by atoms with Gasteiger partial charge in [-0.1, -0.05) is 35.3 Å². The van der Waals surface area contributed by atoms with E-state index in [1.807, 2.05) is 0 Å². The lowest BCUT2D eigenvalue weighted by Gasteiger charge is -2.10. The molecular weight excluding hydrogens is 373 g/mol.